The number of carbonyl (C=O) groups excluding carboxylic acids is 2. The minimum absolute atomic E-state index is 0.250. The Morgan fingerprint density at radius 1 is 1.26 bits per heavy atom. The molecule has 3 N–H and O–H groups in total. The van der Waals surface area contributed by atoms with Gasteiger partial charge in [0.05, 0.1) is 11.8 Å². The van der Waals surface area contributed by atoms with Crippen molar-refractivity contribution in [2.45, 2.75) is 40.2 Å². The Labute approximate surface area is 112 Å². The summed E-state index contributed by atoms with van der Waals surface area (Å²) in [5.41, 5.74) is -0.546. The van der Waals surface area contributed by atoms with Gasteiger partial charge in [0.2, 0.25) is 11.8 Å². The smallest absolute Gasteiger partial charge is 0.307 e. The van der Waals surface area contributed by atoms with E-state index in [0.717, 1.165) is 6.42 Å². The van der Waals surface area contributed by atoms with Crippen molar-refractivity contribution in [3.8, 4) is 0 Å². The summed E-state index contributed by atoms with van der Waals surface area (Å²) in [5.74, 6) is -2.81. The molecule has 19 heavy (non-hydrogen) atoms. The molecule has 0 aromatic carbocycles. The van der Waals surface area contributed by atoms with Crippen molar-refractivity contribution in [1.29, 1.82) is 0 Å². The average Bonchev–Trinajstić information content (AvgIpc) is 2.89. The molecule has 2 amide bonds. The molecule has 1 fully saturated rings. The predicted octanol–water partition coefficient (Wildman–Crippen LogP) is 0.374. The molecular weight excluding hydrogens is 248 g/mol. The van der Waals surface area contributed by atoms with Crippen molar-refractivity contribution in [3.05, 3.63) is 0 Å². The van der Waals surface area contributed by atoms with E-state index < -0.39 is 29.3 Å². The van der Waals surface area contributed by atoms with Gasteiger partial charge in [-0.2, -0.15) is 0 Å². The maximum atomic E-state index is 12.0. The summed E-state index contributed by atoms with van der Waals surface area (Å²) in [7, 11) is 0. The van der Waals surface area contributed by atoms with Gasteiger partial charge in [0.1, 0.15) is 6.04 Å². The number of carboxylic acids is 1. The fourth-order valence-electron chi connectivity index (χ4n) is 2.36. The third-order valence-corrected chi connectivity index (χ3v) is 3.68. The molecule has 0 aliphatic heterocycles. The molecule has 1 unspecified atom stereocenters. The minimum atomic E-state index is -0.965. The zero-order valence-corrected chi connectivity index (χ0v) is 11.8. The Balaban J connectivity index is 2.53. The fourth-order valence-corrected chi connectivity index (χ4v) is 2.36. The number of amides is 2. The standard InChI is InChI=1S/C13H22N2O4/c1-5-6-14-10(16)7(2)15-11(17)8-9(12(18)19)13(8,3)4/h7-9H,5-6H2,1-4H3,(H,14,16)(H,15,17)(H,18,19)/t7?,8-,9+/m1/s1. The van der Waals surface area contributed by atoms with E-state index in [2.05, 4.69) is 10.6 Å². The normalized spacial score (nSPS) is 25.3. The van der Waals surface area contributed by atoms with Crippen LogP contribution in [-0.2, 0) is 14.4 Å². The summed E-state index contributed by atoms with van der Waals surface area (Å²) in [6.45, 7) is 7.59. The third-order valence-electron chi connectivity index (χ3n) is 3.68. The van der Waals surface area contributed by atoms with Crippen LogP contribution in [0.15, 0.2) is 0 Å². The lowest BCUT2D eigenvalue weighted by Crippen LogP contribution is -2.46. The monoisotopic (exact) mass is 270 g/mol. The van der Waals surface area contributed by atoms with Crippen LogP contribution in [0.4, 0.5) is 0 Å². The van der Waals surface area contributed by atoms with E-state index >= 15 is 0 Å². The lowest BCUT2D eigenvalue weighted by molar-refractivity contribution is -0.140. The van der Waals surface area contributed by atoms with Gasteiger partial charge in [0.15, 0.2) is 0 Å². The van der Waals surface area contributed by atoms with Gasteiger partial charge in [-0.05, 0) is 18.8 Å². The molecular formula is C13H22N2O4. The van der Waals surface area contributed by atoms with E-state index in [1.54, 1.807) is 20.8 Å². The van der Waals surface area contributed by atoms with E-state index in [0.29, 0.717) is 6.54 Å². The highest BCUT2D eigenvalue weighted by Crippen LogP contribution is 2.58. The maximum absolute atomic E-state index is 12.0. The van der Waals surface area contributed by atoms with Gasteiger partial charge in [-0.15, -0.1) is 0 Å². The summed E-state index contributed by atoms with van der Waals surface area (Å²) in [4.78, 5) is 34.6. The molecule has 1 rings (SSSR count). The number of rotatable bonds is 6. The van der Waals surface area contributed by atoms with Crippen LogP contribution in [0.25, 0.3) is 0 Å². The highest BCUT2D eigenvalue weighted by molar-refractivity contribution is 5.94. The van der Waals surface area contributed by atoms with Crippen LogP contribution in [0.5, 0.6) is 0 Å². The van der Waals surface area contributed by atoms with Crippen LogP contribution in [0, 0.1) is 17.3 Å². The fraction of sp³-hybridized carbons (Fsp3) is 0.769. The van der Waals surface area contributed by atoms with Crippen LogP contribution in [-0.4, -0.2) is 35.5 Å². The molecule has 0 spiro atoms. The van der Waals surface area contributed by atoms with Crippen molar-refractivity contribution < 1.29 is 19.5 Å². The van der Waals surface area contributed by atoms with E-state index in [-0.39, 0.29) is 11.8 Å². The van der Waals surface area contributed by atoms with Crippen LogP contribution >= 0.6 is 0 Å². The minimum Gasteiger partial charge on any atom is -0.481 e. The zero-order valence-electron chi connectivity index (χ0n) is 11.8. The van der Waals surface area contributed by atoms with Gasteiger partial charge in [0.25, 0.3) is 0 Å². The largest absolute Gasteiger partial charge is 0.481 e. The van der Waals surface area contributed by atoms with Crippen molar-refractivity contribution in [1.82, 2.24) is 10.6 Å². The van der Waals surface area contributed by atoms with Crippen LogP contribution in [0.3, 0.4) is 0 Å². The highest BCUT2D eigenvalue weighted by atomic mass is 16.4. The number of aliphatic carboxylic acids is 1. The molecule has 0 bridgehead atoms. The molecule has 108 valence electrons. The summed E-state index contributed by atoms with van der Waals surface area (Å²) in [6, 6.07) is -0.648. The molecule has 0 aromatic rings. The first kappa shape index (κ1) is 15.5. The van der Waals surface area contributed by atoms with Gasteiger partial charge >= 0.3 is 5.97 Å². The Hall–Kier alpha value is -1.59. The first-order valence-electron chi connectivity index (χ1n) is 6.54. The molecule has 6 heteroatoms. The second-order valence-electron chi connectivity index (χ2n) is 5.64. The molecule has 0 saturated heterocycles. The van der Waals surface area contributed by atoms with Gasteiger partial charge in [-0.3, -0.25) is 14.4 Å². The molecule has 3 atom stereocenters. The average molecular weight is 270 g/mol. The van der Waals surface area contributed by atoms with E-state index in [9.17, 15) is 14.4 Å². The van der Waals surface area contributed by atoms with Crippen LogP contribution in [0.2, 0.25) is 0 Å². The van der Waals surface area contributed by atoms with E-state index in [4.69, 9.17) is 5.11 Å². The van der Waals surface area contributed by atoms with E-state index in [1.165, 1.54) is 0 Å². The lowest BCUT2D eigenvalue weighted by Gasteiger charge is -2.14. The third kappa shape index (κ3) is 3.24. The Morgan fingerprint density at radius 2 is 1.84 bits per heavy atom. The number of hydrogen-bond acceptors (Lipinski definition) is 3. The predicted molar refractivity (Wildman–Crippen MR) is 69.3 cm³/mol. The first-order valence-corrected chi connectivity index (χ1v) is 6.54. The Bertz CT molecular complexity index is 392. The van der Waals surface area contributed by atoms with Crippen LogP contribution in [0.1, 0.15) is 34.1 Å². The first-order chi connectivity index (χ1) is 8.73. The van der Waals surface area contributed by atoms with E-state index in [1.807, 2.05) is 6.92 Å². The molecule has 0 heterocycles. The Morgan fingerprint density at radius 3 is 2.26 bits per heavy atom. The quantitative estimate of drug-likeness (QED) is 0.650. The topological polar surface area (TPSA) is 95.5 Å². The summed E-state index contributed by atoms with van der Waals surface area (Å²) in [6.07, 6.45) is 0.823. The van der Waals surface area contributed by atoms with Crippen molar-refractivity contribution in [2.75, 3.05) is 6.54 Å². The summed E-state index contributed by atoms with van der Waals surface area (Å²) in [5, 5.41) is 14.3. The molecule has 0 radical (unpaired) electrons. The highest BCUT2D eigenvalue weighted by Gasteiger charge is 2.66. The maximum Gasteiger partial charge on any atom is 0.307 e. The molecule has 1 saturated carbocycles. The molecule has 6 nitrogen and oxygen atoms in total. The van der Waals surface area contributed by atoms with Crippen LogP contribution < -0.4 is 10.6 Å². The zero-order chi connectivity index (χ0) is 14.8. The number of carboxylic acid groups (broad SMARTS) is 1. The van der Waals surface area contributed by atoms with Gasteiger partial charge < -0.3 is 15.7 Å². The van der Waals surface area contributed by atoms with Crippen molar-refractivity contribution >= 4 is 17.8 Å². The summed E-state index contributed by atoms with van der Waals surface area (Å²) >= 11 is 0. The second kappa shape index (κ2) is 5.59. The SMILES string of the molecule is CCCNC(=O)C(C)NC(=O)[C@H]1[C@@H](C(=O)O)C1(C)C. The number of hydrogen-bond donors (Lipinski definition) is 3. The second-order valence-corrected chi connectivity index (χ2v) is 5.64. The molecule has 1 aliphatic rings. The summed E-state index contributed by atoms with van der Waals surface area (Å²) < 4.78 is 0. The molecule has 0 aromatic heterocycles. The van der Waals surface area contributed by atoms with Gasteiger partial charge in [0, 0.05) is 6.54 Å². The number of nitrogens with one attached hydrogen (secondary N) is 2. The van der Waals surface area contributed by atoms with Gasteiger partial charge in [-0.1, -0.05) is 20.8 Å². The number of carbonyl (C=O) groups is 3. The van der Waals surface area contributed by atoms with Crippen molar-refractivity contribution in [2.24, 2.45) is 17.3 Å². The molecule has 1 aliphatic carbocycles. The Kier molecular flexibility index (Phi) is 4.55. The van der Waals surface area contributed by atoms with Gasteiger partial charge in [-0.25, -0.2) is 0 Å². The lowest BCUT2D eigenvalue weighted by atomic mass is 10.1. The van der Waals surface area contributed by atoms with Crippen molar-refractivity contribution in [3.63, 3.8) is 0 Å².